The van der Waals surface area contributed by atoms with Gasteiger partial charge in [0.25, 0.3) is 0 Å². The standard InChI is InChI=1S/C11H14N2O2.C2H6/c1-4-8-9(5-2)13-10(12-8)7-11(14)15-6-3;1-2/h4-5H,1-2,6-7H2,3H3,(H,12,13);1-2H3. The fraction of sp³-hybridized carbons (Fsp3) is 0.385. The number of nitrogens with one attached hydrogen (secondary N) is 1. The Bertz CT molecular complexity index is 355. The molecule has 0 amide bonds. The molecule has 0 aliphatic carbocycles. The quantitative estimate of drug-likeness (QED) is 0.800. The van der Waals surface area contributed by atoms with E-state index >= 15 is 0 Å². The van der Waals surface area contributed by atoms with Crippen LogP contribution in [0.3, 0.4) is 0 Å². The molecule has 0 aliphatic heterocycles. The van der Waals surface area contributed by atoms with Crippen molar-refractivity contribution in [2.75, 3.05) is 6.61 Å². The summed E-state index contributed by atoms with van der Waals surface area (Å²) in [6, 6.07) is 0. The number of H-pyrrole nitrogens is 1. The summed E-state index contributed by atoms with van der Waals surface area (Å²) in [5.74, 6) is 0.274. The molecule has 17 heavy (non-hydrogen) atoms. The van der Waals surface area contributed by atoms with E-state index in [0.29, 0.717) is 18.1 Å². The summed E-state index contributed by atoms with van der Waals surface area (Å²) in [6.45, 7) is 13.4. The second-order valence-electron chi connectivity index (χ2n) is 2.87. The van der Waals surface area contributed by atoms with Crippen LogP contribution >= 0.6 is 0 Å². The molecule has 0 aliphatic rings. The fourth-order valence-electron chi connectivity index (χ4n) is 1.20. The lowest BCUT2D eigenvalue weighted by Gasteiger charge is -1.97. The number of carbonyl (C=O) groups is 1. The summed E-state index contributed by atoms with van der Waals surface area (Å²) < 4.78 is 4.81. The molecule has 0 fully saturated rings. The molecule has 94 valence electrons. The van der Waals surface area contributed by atoms with E-state index < -0.39 is 0 Å². The zero-order valence-corrected chi connectivity index (χ0v) is 10.7. The van der Waals surface area contributed by atoms with Crippen LogP contribution in [0.25, 0.3) is 12.2 Å². The highest BCUT2D eigenvalue weighted by Crippen LogP contribution is 2.09. The Morgan fingerprint density at radius 2 is 2.06 bits per heavy atom. The highest BCUT2D eigenvalue weighted by Gasteiger charge is 2.09. The van der Waals surface area contributed by atoms with Gasteiger partial charge in [0.2, 0.25) is 0 Å². The molecular formula is C13H20N2O2. The number of aromatic nitrogens is 2. The van der Waals surface area contributed by atoms with Crippen molar-refractivity contribution >= 4 is 18.1 Å². The number of esters is 1. The molecule has 0 atom stereocenters. The number of hydrogen-bond acceptors (Lipinski definition) is 3. The van der Waals surface area contributed by atoms with Crippen LogP contribution in [-0.2, 0) is 16.0 Å². The average Bonchev–Trinajstić information content (AvgIpc) is 2.74. The Labute approximate surface area is 102 Å². The highest BCUT2D eigenvalue weighted by atomic mass is 16.5. The summed E-state index contributed by atoms with van der Waals surface area (Å²) >= 11 is 0. The second-order valence-corrected chi connectivity index (χ2v) is 2.87. The van der Waals surface area contributed by atoms with E-state index in [2.05, 4.69) is 23.1 Å². The van der Waals surface area contributed by atoms with Crippen LogP contribution in [0.4, 0.5) is 0 Å². The summed E-state index contributed by atoms with van der Waals surface area (Å²) in [4.78, 5) is 18.3. The number of aromatic amines is 1. The first-order valence-electron chi connectivity index (χ1n) is 5.70. The van der Waals surface area contributed by atoms with Gasteiger partial charge in [0.05, 0.1) is 18.0 Å². The van der Waals surface area contributed by atoms with Gasteiger partial charge < -0.3 is 9.72 Å². The molecular weight excluding hydrogens is 216 g/mol. The van der Waals surface area contributed by atoms with Crippen LogP contribution < -0.4 is 0 Å². The first-order valence-corrected chi connectivity index (χ1v) is 5.70. The lowest BCUT2D eigenvalue weighted by atomic mass is 10.3. The Kier molecular flexibility index (Phi) is 7.43. The Morgan fingerprint density at radius 1 is 1.41 bits per heavy atom. The molecule has 0 bridgehead atoms. The van der Waals surface area contributed by atoms with Gasteiger partial charge in [0.1, 0.15) is 12.2 Å². The van der Waals surface area contributed by atoms with Crippen LogP contribution in [0.1, 0.15) is 38.0 Å². The first-order chi connectivity index (χ1) is 8.21. The van der Waals surface area contributed by atoms with Gasteiger partial charge in [0, 0.05) is 0 Å². The molecule has 1 rings (SSSR count). The molecule has 1 N–H and O–H groups in total. The SMILES string of the molecule is C=Cc1nc(CC(=O)OCC)[nH]c1C=C.CC. The van der Waals surface area contributed by atoms with Crippen LogP contribution in [0.5, 0.6) is 0 Å². The zero-order valence-electron chi connectivity index (χ0n) is 10.7. The molecule has 4 nitrogen and oxygen atoms in total. The van der Waals surface area contributed by atoms with Gasteiger partial charge in [-0.25, -0.2) is 4.98 Å². The number of imidazole rings is 1. The molecule has 0 aromatic carbocycles. The Morgan fingerprint density at radius 3 is 2.47 bits per heavy atom. The third-order valence-corrected chi connectivity index (χ3v) is 1.82. The van der Waals surface area contributed by atoms with E-state index in [4.69, 9.17) is 4.74 Å². The third kappa shape index (κ3) is 4.68. The van der Waals surface area contributed by atoms with Crippen LogP contribution in [0.2, 0.25) is 0 Å². The predicted molar refractivity (Wildman–Crippen MR) is 70.5 cm³/mol. The van der Waals surface area contributed by atoms with E-state index in [-0.39, 0.29) is 12.4 Å². The number of carbonyl (C=O) groups excluding carboxylic acids is 1. The van der Waals surface area contributed by atoms with E-state index in [0.717, 1.165) is 5.69 Å². The van der Waals surface area contributed by atoms with Crippen LogP contribution in [-0.4, -0.2) is 22.5 Å². The molecule has 1 heterocycles. The van der Waals surface area contributed by atoms with Gasteiger partial charge in [-0.15, -0.1) is 0 Å². The largest absolute Gasteiger partial charge is 0.466 e. The van der Waals surface area contributed by atoms with Gasteiger partial charge in [-0.3, -0.25) is 4.79 Å². The number of hydrogen-bond donors (Lipinski definition) is 1. The Hall–Kier alpha value is -1.84. The first kappa shape index (κ1) is 15.2. The minimum Gasteiger partial charge on any atom is -0.466 e. The summed E-state index contributed by atoms with van der Waals surface area (Å²) in [6.07, 6.45) is 3.39. The fourth-order valence-corrected chi connectivity index (χ4v) is 1.20. The van der Waals surface area contributed by atoms with Crippen LogP contribution in [0.15, 0.2) is 13.2 Å². The van der Waals surface area contributed by atoms with Crippen molar-refractivity contribution in [3.63, 3.8) is 0 Å². The zero-order chi connectivity index (χ0) is 13.3. The minimum absolute atomic E-state index is 0.141. The van der Waals surface area contributed by atoms with Gasteiger partial charge >= 0.3 is 5.97 Å². The van der Waals surface area contributed by atoms with Gasteiger partial charge in [-0.05, 0) is 19.1 Å². The van der Waals surface area contributed by atoms with Gasteiger partial charge in [-0.2, -0.15) is 0 Å². The lowest BCUT2D eigenvalue weighted by molar-refractivity contribution is -0.142. The molecule has 1 aromatic heterocycles. The smallest absolute Gasteiger partial charge is 0.313 e. The van der Waals surface area contributed by atoms with E-state index in [9.17, 15) is 4.79 Å². The molecule has 0 spiro atoms. The second kappa shape index (κ2) is 8.33. The average molecular weight is 236 g/mol. The van der Waals surface area contributed by atoms with E-state index in [1.807, 2.05) is 13.8 Å². The summed E-state index contributed by atoms with van der Waals surface area (Å²) in [5.41, 5.74) is 1.47. The number of nitrogens with zero attached hydrogens (tertiary/aromatic N) is 1. The van der Waals surface area contributed by atoms with Crippen LogP contribution in [0, 0.1) is 0 Å². The highest BCUT2D eigenvalue weighted by molar-refractivity contribution is 5.72. The monoisotopic (exact) mass is 236 g/mol. The van der Waals surface area contributed by atoms with E-state index in [1.54, 1.807) is 19.1 Å². The summed E-state index contributed by atoms with van der Waals surface area (Å²) in [7, 11) is 0. The van der Waals surface area contributed by atoms with Crippen molar-refractivity contribution in [1.82, 2.24) is 9.97 Å². The maximum Gasteiger partial charge on any atom is 0.313 e. The number of rotatable bonds is 5. The van der Waals surface area contributed by atoms with Gasteiger partial charge in [-0.1, -0.05) is 27.0 Å². The summed E-state index contributed by atoms with van der Waals surface area (Å²) in [5, 5.41) is 0. The number of ether oxygens (including phenoxy) is 1. The maximum atomic E-state index is 11.2. The molecule has 0 unspecified atom stereocenters. The maximum absolute atomic E-state index is 11.2. The van der Waals surface area contributed by atoms with Crippen molar-refractivity contribution in [3.8, 4) is 0 Å². The normalized spacial score (nSPS) is 8.88. The Balaban J connectivity index is 0.00000121. The van der Waals surface area contributed by atoms with Crippen molar-refractivity contribution in [2.24, 2.45) is 0 Å². The van der Waals surface area contributed by atoms with Gasteiger partial charge in [0.15, 0.2) is 0 Å². The molecule has 0 saturated carbocycles. The predicted octanol–water partition coefficient (Wildman–Crippen LogP) is 2.83. The van der Waals surface area contributed by atoms with Crippen molar-refractivity contribution < 1.29 is 9.53 Å². The van der Waals surface area contributed by atoms with E-state index in [1.165, 1.54) is 0 Å². The van der Waals surface area contributed by atoms with Crippen molar-refractivity contribution in [3.05, 3.63) is 30.4 Å². The minimum atomic E-state index is -0.294. The topological polar surface area (TPSA) is 55.0 Å². The molecule has 0 radical (unpaired) electrons. The molecule has 0 saturated heterocycles. The van der Waals surface area contributed by atoms with Crippen molar-refractivity contribution in [2.45, 2.75) is 27.2 Å². The molecule has 4 heteroatoms. The third-order valence-electron chi connectivity index (χ3n) is 1.82. The molecule has 1 aromatic rings. The lowest BCUT2D eigenvalue weighted by Crippen LogP contribution is -2.08. The van der Waals surface area contributed by atoms with Crippen molar-refractivity contribution in [1.29, 1.82) is 0 Å².